The highest BCUT2D eigenvalue weighted by molar-refractivity contribution is 4.93. The van der Waals surface area contributed by atoms with Crippen LogP contribution in [0.15, 0.2) is 0 Å². The lowest BCUT2D eigenvalue weighted by molar-refractivity contribution is -0.256. The van der Waals surface area contributed by atoms with Crippen molar-refractivity contribution in [1.82, 2.24) is 0 Å². The predicted octanol–water partition coefficient (Wildman–Crippen LogP) is -1.42. The van der Waals surface area contributed by atoms with Gasteiger partial charge < -0.3 is 29.5 Å². The summed E-state index contributed by atoms with van der Waals surface area (Å²) in [6.07, 6.45) is -4.55. The van der Waals surface area contributed by atoms with Gasteiger partial charge >= 0.3 is 0 Å². The molecule has 15 heavy (non-hydrogen) atoms. The van der Waals surface area contributed by atoms with Gasteiger partial charge in [0.2, 0.25) is 0 Å². The van der Waals surface area contributed by atoms with E-state index in [0.717, 1.165) is 0 Å². The molecule has 0 amide bonds. The molecule has 0 radical (unpaired) electrons. The molecule has 0 spiro atoms. The first kappa shape index (κ1) is 11.3. The van der Waals surface area contributed by atoms with Crippen LogP contribution in [-0.4, -0.2) is 58.4 Å². The predicted molar refractivity (Wildman–Crippen MR) is 47.8 cm³/mol. The minimum absolute atomic E-state index is 0.370. The normalized spacial score (nSPS) is 49.0. The van der Waals surface area contributed by atoms with Gasteiger partial charge in [0.25, 0.3) is 0 Å². The van der Waals surface area contributed by atoms with Gasteiger partial charge in [-0.25, -0.2) is 0 Å². The fourth-order valence-corrected chi connectivity index (χ4v) is 1.91. The summed E-state index contributed by atoms with van der Waals surface area (Å²) < 4.78 is 16.0. The lowest BCUT2D eigenvalue weighted by atomic mass is 9.99. The van der Waals surface area contributed by atoms with Gasteiger partial charge in [0.15, 0.2) is 12.1 Å². The number of rotatable bonds is 1. The summed E-state index contributed by atoms with van der Waals surface area (Å²) in [5, 5.41) is 28.3. The van der Waals surface area contributed by atoms with Crippen LogP contribution in [0.1, 0.15) is 13.8 Å². The van der Waals surface area contributed by atoms with Crippen molar-refractivity contribution in [3.05, 3.63) is 0 Å². The number of ether oxygens (including phenoxy) is 3. The summed E-state index contributed by atoms with van der Waals surface area (Å²) >= 11 is 0. The summed E-state index contributed by atoms with van der Waals surface area (Å²) in [5.74, 6) is -0.847. The lowest BCUT2D eigenvalue weighted by Crippen LogP contribution is -2.57. The highest BCUT2D eigenvalue weighted by Crippen LogP contribution is 2.35. The molecule has 0 unspecified atom stereocenters. The van der Waals surface area contributed by atoms with Gasteiger partial charge in [-0.3, -0.25) is 0 Å². The van der Waals surface area contributed by atoms with Gasteiger partial charge in [-0.1, -0.05) is 0 Å². The van der Waals surface area contributed by atoms with Crippen molar-refractivity contribution in [2.24, 2.45) is 0 Å². The quantitative estimate of drug-likeness (QED) is 0.502. The van der Waals surface area contributed by atoms with E-state index >= 15 is 0 Å². The summed E-state index contributed by atoms with van der Waals surface area (Å²) in [4.78, 5) is 0. The number of fused-ring (bicyclic) bond motifs is 1. The molecule has 0 bridgehead atoms. The highest BCUT2D eigenvalue weighted by atomic mass is 16.8. The van der Waals surface area contributed by atoms with E-state index < -0.39 is 36.5 Å². The molecule has 0 aromatic heterocycles. The monoisotopic (exact) mass is 220 g/mol. The Bertz CT molecular complexity index is 243. The van der Waals surface area contributed by atoms with E-state index in [4.69, 9.17) is 19.3 Å². The zero-order valence-corrected chi connectivity index (χ0v) is 8.66. The molecular weight excluding hydrogens is 204 g/mol. The fourth-order valence-electron chi connectivity index (χ4n) is 1.91. The van der Waals surface area contributed by atoms with Crippen LogP contribution in [-0.2, 0) is 14.2 Å². The van der Waals surface area contributed by atoms with Crippen molar-refractivity contribution in [3.8, 4) is 0 Å². The molecule has 2 aliphatic heterocycles. The summed E-state index contributed by atoms with van der Waals surface area (Å²) in [5.41, 5.74) is 0. The number of aliphatic hydroxyl groups excluding tert-OH is 3. The second-order valence-electron chi connectivity index (χ2n) is 4.31. The van der Waals surface area contributed by atoms with E-state index in [1.54, 1.807) is 13.8 Å². The minimum Gasteiger partial charge on any atom is -0.394 e. The first-order valence-corrected chi connectivity index (χ1v) is 4.93. The maximum Gasteiger partial charge on any atom is 0.190 e. The van der Waals surface area contributed by atoms with Crippen LogP contribution in [0.4, 0.5) is 0 Å². The molecule has 0 aliphatic carbocycles. The third-order valence-corrected chi connectivity index (χ3v) is 2.64. The molecule has 5 atom stereocenters. The second-order valence-corrected chi connectivity index (χ2v) is 4.31. The second kappa shape index (κ2) is 3.65. The van der Waals surface area contributed by atoms with E-state index in [9.17, 15) is 10.2 Å². The zero-order chi connectivity index (χ0) is 11.2. The topological polar surface area (TPSA) is 88.4 Å². The largest absolute Gasteiger partial charge is 0.394 e. The van der Waals surface area contributed by atoms with Crippen molar-refractivity contribution < 1.29 is 29.5 Å². The number of aliphatic hydroxyl groups is 3. The van der Waals surface area contributed by atoms with E-state index in [-0.39, 0.29) is 6.61 Å². The van der Waals surface area contributed by atoms with Gasteiger partial charge in [-0.15, -0.1) is 0 Å². The van der Waals surface area contributed by atoms with Crippen molar-refractivity contribution in [2.75, 3.05) is 6.61 Å². The molecule has 2 saturated heterocycles. The van der Waals surface area contributed by atoms with Crippen LogP contribution in [0.2, 0.25) is 0 Å². The fraction of sp³-hybridized carbons (Fsp3) is 1.00. The molecule has 88 valence electrons. The SMILES string of the molecule is CC1(C)O[C@H]2O[C@H](CO)[C@H](O)[C@H](O)[C@H]2O1. The zero-order valence-electron chi connectivity index (χ0n) is 8.66. The maximum atomic E-state index is 9.74. The Morgan fingerprint density at radius 1 is 1.13 bits per heavy atom. The minimum atomic E-state index is -1.16. The molecular formula is C9H16O6. The van der Waals surface area contributed by atoms with Crippen LogP contribution < -0.4 is 0 Å². The van der Waals surface area contributed by atoms with Gasteiger partial charge in [-0.2, -0.15) is 0 Å². The number of hydrogen-bond acceptors (Lipinski definition) is 6. The van der Waals surface area contributed by atoms with E-state index in [1.165, 1.54) is 0 Å². The van der Waals surface area contributed by atoms with Crippen LogP contribution in [0, 0.1) is 0 Å². The average molecular weight is 220 g/mol. The Kier molecular flexibility index (Phi) is 2.74. The molecule has 2 rings (SSSR count). The maximum absolute atomic E-state index is 9.74. The Labute approximate surface area is 87.4 Å². The highest BCUT2D eigenvalue weighted by Gasteiger charge is 2.53. The third-order valence-electron chi connectivity index (χ3n) is 2.64. The van der Waals surface area contributed by atoms with Crippen molar-refractivity contribution >= 4 is 0 Å². The molecule has 2 fully saturated rings. The van der Waals surface area contributed by atoms with E-state index in [1.807, 2.05) is 0 Å². The van der Waals surface area contributed by atoms with Crippen LogP contribution in [0.25, 0.3) is 0 Å². The average Bonchev–Trinajstić information content (AvgIpc) is 2.47. The Balaban J connectivity index is 2.13. The van der Waals surface area contributed by atoms with Crippen molar-refractivity contribution in [1.29, 1.82) is 0 Å². The van der Waals surface area contributed by atoms with Crippen molar-refractivity contribution in [3.63, 3.8) is 0 Å². The van der Waals surface area contributed by atoms with Crippen LogP contribution in [0.5, 0.6) is 0 Å². The Morgan fingerprint density at radius 3 is 2.40 bits per heavy atom. The Hall–Kier alpha value is -0.240. The van der Waals surface area contributed by atoms with E-state index in [0.29, 0.717) is 0 Å². The summed E-state index contributed by atoms with van der Waals surface area (Å²) in [7, 11) is 0. The standard InChI is InChI=1S/C9H16O6/c1-9(2)14-7-6(12)5(11)4(3-10)13-8(7)15-9/h4-8,10-12H,3H2,1-2H3/t4-,5+,6+,7-,8-/m1/s1. The smallest absolute Gasteiger partial charge is 0.190 e. The first-order chi connectivity index (χ1) is 6.94. The molecule has 0 aromatic carbocycles. The number of hydrogen-bond donors (Lipinski definition) is 3. The van der Waals surface area contributed by atoms with Gasteiger partial charge in [0.05, 0.1) is 6.61 Å². The van der Waals surface area contributed by atoms with Crippen molar-refractivity contribution in [2.45, 2.75) is 50.3 Å². The molecule has 2 heterocycles. The van der Waals surface area contributed by atoms with Gasteiger partial charge in [0.1, 0.15) is 24.4 Å². The molecule has 6 nitrogen and oxygen atoms in total. The van der Waals surface area contributed by atoms with Crippen LogP contribution >= 0.6 is 0 Å². The summed E-state index contributed by atoms with van der Waals surface area (Å²) in [6.45, 7) is 3.02. The molecule has 0 saturated carbocycles. The Morgan fingerprint density at radius 2 is 1.80 bits per heavy atom. The molecule has 0 aromatic rings. The summed E-state index contributed by atoms with van der Waals surface area (Å²) in [6, 6.07) is 0. The van der Waals surface area contributed by atoms with E-state index in [2.05, 4.69) is 0 Å². The molecule has 6 heteroatoms. The van der Waals surface area contributed by atoms with Gasteiger partial charge in [-0.05, 0) is 13.8 Å². The molecule has 2 aliphatic rings. The third kappa shape index (κ3) is 1.89. The van der Waals surface area contributed by atoms with Gasteiger partial charge in [0, 0.05) is 0 Å². The lowest BCUT2D eigenvalue weighted by Gasteiger charge is -2.36. The first-order valence-electron chi connectivity index (χ1n) is 4.93. The van der Waals surface area contributed by atoms with Crippen LogP contribution in [0.3, 0.4) is 0 Å². The molecule has 3 N–H and O–H groups in total.